The van der Waals surface area contributed by atoms with Crippen LogP contribution < -0.4 is 10.1 Å². The number of nitrogens with one attached hydrogen (secondary N) is 1. The molecule has 0 bridgehead atoms. The molecule has 1 amide bonds. The molecule has 2 N–H and O–H groups in total. The van der Waals surface area contributed by atoms with E-state index in [0.29, 0.717) is 23.4 Å². The molecule has 0 radical (unpaired) electrons. The molecule has 0 fully saturated rings. The van der Waals surface area contributed by atoms with Crippen molar-refractivity contribution in [2.45, 2.75) is 33.3 Å². The molecule has 29 heavy (non-hydrogen) atoms. The van der Waals surface area contributed by atoms with E-state index in [-0.39, 0.29) is 17.4 Å². The van der Waals surface area contributed by atoms with Crippen LogP contribution in [0.4, 0.5) is 10.7 Å². The van der Waals surface area contributed by atoms with Gasteiger partial charge in [0, 0.05) is 18.0 Å². The summed E-state index contributed by atoms with van der Waals surface area (Å²) >= 11 is 0. The van der Waals surface area contributed by atoms with E-state index in [2.05, 4.69) is 20.4 Å². The molecule has 0 unspecified atom stereocenters. The first-order chi connectivity index (χ1) is 13.7. The minimum Gasteiger partial charge on any atom is -0.477 e. The van der Waals surface area contributed by atoms with Crippen molar-refractivity contribution < 1.29 is 24.2 Å². The average Bonchev–Trinajstić information content (AvgIpc) is 3.01. The smallest absolute Gasteiger partial charge is 0.414 e. The number of carboxylic acids is 1. The van der Waals surface area contributed by atoms with Gasteiger partial charge < -0.3 is 14.6 Å². The quantitative estimate of drug-likeness (QED) is 0.669. The number of hydrogen-bond donors (Lipinski definition) is 2. The number of aromatic carboxylic acids is 1. The van der Waals surface area contributed by atoms with E-state index >= 15 is 0 Å². The van der Waals surface area contributed by atoms with Crippen molar-refractivity contribution in [2.75, 3.05) is 11.9 Å². The monoisotopic (exact) mass is 399 g/mol. The van der Waals surface area contributed by atoms with Crippen LogP contribution >= 0.6 is 0 Å². The Morgan fingerprint density at radius 2 is 2.00 bits per heavy atom. The molecule has 3 aromatic rings. The average molecular weight is 399 g/mol. The summed E-state index contributed by atoms with van der Waals surface area (Å²) in [5, 5.41) is 16.1. The lowest BCUT2D eigenvalue weighted by Gasteiger charge is -2.18. The molecule has 3 rings (SSSR count). The van der Waals surface area contributed by atoms with Crippen LogP contribution in [0.15, 0.2) is 30.6 Å². The maximum Gasteiger partial charge on any atom is 0.414 e. The summed E-state index contributed by atoms with van der Waals surface area (Å²) < 4.78 is 11.9. The van der Waals surface area contributed by atoms with E-state index in [0.717, 1.165) is 0 Å². The summed E-state index contributed by atoms with van der Waals surface area (Å²) in [6, 6.07) is 4.93. The molecule has 0 aliphatic carbocycles. The maximum absolute atomic E-state index is 11.9. The van der Waals surface area contributed by atoms with E-state index in [1.54, 1.807) is 46.0 Å². The lowest BCUT2D eigenvalue weighted by molar-refractivity contribution is 0.0632. The Kier molecular flexibility index (Phi) is 5.35. The van der Waals surface area contributed by atoms with Crippen molar-refractivity contribution in [2.24, 2.45) is 0 Å². The fourth-order valence-corrected chi connectivity index (χ4v) is 2.52. The zero-order valence-electron chi connectivity index (χ0n) is 16.5. The Hall–Kier alpha value is -3.69. The van der Waals surface area contributed by atoms with Gasteiger partial charge in [-0.15, -0.1) is 5.10 Å². The van der Waals surface area contributed by atoms with Crippen molar-refractivity contribution in [3.63, 3.8) is 0 Å². The zero-order valence-corrected chi connectivity index (χ0v) is 16.5. The van der Waals surface area contributed by atoms with E-state index < -0.39 is 17.7 Å². The molecule has 0 spiro atoms. The number of carbonyl (C=O) groups excluding carboxylic acids is 1. The van der Waals surface area contributed by atoms with E-state index in [1.807, 2.05) is 0 Å². The predicted molar refractivity (Wildman–Crippen MR) is 104 cm³/mol. The molecule has 3 heterocycles. The van der Waals surface area contributed by atoms with Crippen molar-refractivity contribution in [1.29, 1.82) is 0 Å². The number of aromatic nitrogens is 4. The van der Waals surface area contributed by atoms with Crippen molar-refractivity contribution in [3.8, 4) is 17.0 Å². The standard InChI is InChI=1S/C19H21N5O5/c1-5-28-15-13(16(25)26)8-12(10-20-15)11-6-7-24-14(9-11)21-17(23-24)22-18(27)29-19(2,3)4/h6-10H,5H2,1-4H3,(H,25,26)(H,22,23,27). The van der Waals surface area contributed by atoms with Crippen LogP contribution in [-0.2, 0) is 4.74 Å². The molecular formula is C19H21N5O5. The highest BCUT2D eigenvalue weighted by Gasteiger charge is 2.18. The van der Waals surface area contributed by atoms with Crippen LogP contribution in [0.1, 0.15) is 38.1 Å². The SMILES string of the molecule is CCOc1ncc(-c2ccn3nc(NC(=O)OC(C)(C)C)nc3c2)cc1C(=O)O. The molecule has 0 atom stereocenters. The van der Waals surface area contributed by atoms with Gasteiger partial charge in [-0.05, 0) is 51.5 Å². The van der Waals surface area contributed by atoms with Gasteiger partial charge in [0.15, 0.2) is 5.65 Å². The summed E-state index contributed by atoms with van der Waals surface area (Å²) in [4.78, 5) is 31.7. The number of ether oxygens (including phenoxy) is 2. The number of pyridine rings is 2. The summed E-state index contributed by atoms with van der Waals surface area (Å²) in [7, 11) is 0. The summed E-state index contributed by atoms with van der Waals surface area (Å²) in [5.41, 5.74) is 1.06. The van der Waals surface area contributed by atoms with Crippen molar-refractivity contribution >= 4 is 23.7 Å². The van der Waals surface area contributed by atoms with Gasteiger partial charge in [-0.3, -0.25) is 5.32 Å². The fourth-order valence-electron chi connectivity index (χ4n) is 2.52. The fraction of sp³-hybridized carbons (Fsp3) is 0.316. The number of amides is 1. The Balaban J connectivity index is 1.89. The number of carboxylic acid groups (broad SMARTS) is 1. The molecule has 152 valence electrons. The second-order valence-corrected chi connectivity index (χ2v) is 7.10. The van der Waals surface area contributed by atoms with Crippen LogP contribution in [-0.4, -0.2) is 49.0 Å². The highest BCUT2D eigenvalue weighted by atomic mass is 16.6. The third-order valence-corrected chi connectivity index (χ3v) is 3.65. The number of nitrogens with zero attached hydrogens (tertiary/aromatic N) is 4. The van der Waals surface area contributed by atoms with Gasteiger partial charge in [0.1, 0.15) is 11.2 Å². The number of fused-ring (bicyclic) bond motifs is 1. The molecule has 0 aromatic carbocycles. The summed E-state index contributed by atoms with van der Waals surface area (Å²) in [5.74, 6) is -0.973. The summed E-state index contributed by atoms with van der Waals surface area (Å²) in [6.45, 7) is 7.33. The second-order valence-electron chi connectivity index (χ2n) is 7.10. The lowest BCUT2D eigenvalue weighted by atomic mass is 10.1. The van der Waals surface area contributed by atoms with E-state index in [9.17, 15) is 14.7 Å². The lowest BCUT2D eigenvalue weighted by Crippen LogP contribution is -2.27. The molecule has 10 heteroatoms. The minimum atomic E-state index is -1.13. The Labute approximate surface area is 166 Å². The van der Waals surface area contributed by atoms with Crippen LogP contribution in [0.2, 0.25) is 0 Å². The van der Waals surface area contributed by atoms with E-state index in [1.165, 1.54) is 16.8 Å². The third kappa shape index (κ3) is 4.78. The van der Waals surface area contributed by atoms with Gasteiger partial charge in [0.25, 0.3) is 5.95 Å². The Morgan fingerprint density at radius 1 is 1.24 bits per heavy atom. The van der Waals surface area contributed by atoms with Crippen LogP contribution in [0.5, 0.6) is 5.88 Å². The highest BCUT2D eigenvalue weighted by Crippen LogP contribution is 2.25. The maximum atomic E-state index is 11.9. The number of rotatable bonds is 5. The van der Waals surface area contributed by atoms with Crippen LogP contribution in [0.25, 0.3) is 16.8 Å². The first kappa shape index (κ1) is 20.1. The zero-order chi connectivity index (χ0) is 21.2. The molecular weight excluding hydrogens is 378 g/mol. The Bertz CT molecular complexity index is 1070. The van der Waals surface area contributed by atoms with Crippen LogP contribution in [0.3, 0.4) is 0 Å². The molecule has 0 saturated carbocycles. The minimum absolute atomic E-state index is 0.0297. The van der Waals surface area contributed by atoms with Gasteiger partial charge in [-0.25, -0.2) is 19.1 Å². The predicted octanol–water partition coefficient (Wildman–Crippen LogP) is 3.24. The van der Waals surface area contributed by atoms with Gasteiger partial charge in [0.2, 0.25) is 5.88 Å². The van der Waals surface area contributed by atoms with Gasteiger partial charge in [-0.2, -0.15) is 4.98 Å². The first-order valence-electron chi connectivity index (χ1n) is 8.89. The second kappa shape index (κ2) is 7.74. The van der Waals surface area contributed by atoms with E-state index in [4.69, 9.17) is 9.47 Å². The number of anilines is 1. The largest absolute Gasteiger partial charge is 0.477 e. The highest BCUT2D eigenvalue weighted by molar-refractivity contribution is 5.92. The van der Waals surface area contributed by atoms with Gasteiger partial charge in [0.05, 0.1) is 6.61 Å². The topological polar surface area (TPSA) is 128 Å². The molecule has 0 aliphatic rings. The first-order valence-corrected chi connectivity index (χ1v) is 8.89. The molecule has 0 saturated heterocycles. The Morgan fingerprint density at radius 3 is 2.66 bits per heavy atom. The van der Waals surface area contributed by atoms with Crippen LogP contribution in [0, 0.1) is 0 Å². The van der Waals surface area contributed by atoms with Crippen molar-refractivity contribution in [3.05, 3.63) is 36.2 Å². The molecule has 10 nitrogen and oxygen atoms in total. The van der Waals surface area contributed by atoms with Gasteiger partial charge >= 0.3 is 12.1 Å². The molecule has 3 aromatic heterocycles. The van der Waals surface area contributed by atoms with Gasteiger partial charge in [-0.1, -0.05) is 0 Å². The molecule has 0 aliphatic heterocycles. The third-order valence-electron chi connectivity index (χ3n) is 3.65. The normalized spacial score (nSPS) is 11.3. The number of carbonyl (C=O) groups is 2. The van der Waals surface area contributed by atoms with Crippen molar-refractivity contribution in [1.82, 2.24) is 19.6 Å². The number of hydrogen-bond acceptors (Lipinski definition) is 7. The summed E-state index contributed by atoms with van der Waals surface area (Å²) in [6.07, 6.45) is 2.52.